The summed E-state index contributed by atoms with van der Waals surface area (Å²) in [4.78, 5) is 42.7. The Morgan fingerprint density at radius 2 is 1.75 bits per heavy atom. The Morgan fingerprint density at radius 3 is 2.39 bits per heavy atom. The zero-order valence-electron chi connectivity index (χ0n) is 25.2. The summed E-state index contributed by atoms with van der Waals surface area (Å²) in [6.45, 7) is 5.08. The maximum absolute atomic E-state index is 13.4. The summed E-state index contributed by atoms with van der Waals surface area (Å²) < 4.78 is 5.16. The molecule has 1 aliphatic heterocycles. The molecule has 3 aromatic rings. The Bertz CT molecular complexity index is 1480. The van der Waals surface area contributed by atoms with E-state index in [0.717, 1.165) is 17.5 Å². The lowest BCUT2D eigenvalue weighted by molar-refractivity contribution is -0.117. The van der Waals surface area contributed by atoms with Gasteiger partial charge < -0.3 is 25.2 Å². The highest BCUT2D eigenvalue weighted by Crippen LogP contribution is 2.27. The number of aliphatic hydroxyl groups excluding tert-OH is 2. The SMILES string of the molecule is COc1ccc(/C=N/NC(=O)c2cc(N3CCCC3=O)ccc2NC(=O)c2cccc(CN(CC(C)O)CC(C)O)c2)cc1. The quantitative estimate of drug-likeness (QED) is 0.174. The molecule has 2 atom stereocenters. The van der Waals surface area contributed by atoms with Crippen LogP contribution < -0.4 is 20.4 Å². The molecule has 2 unspecified atom stereocenters. The second-order valence-corrected chi connectivity index (χ2v) is 10.9. The van der Waals surface area contributed by atoms with Gasteiger partial charge in [0.05, 0.1) is 36.8 Å². The lowest BCUT2D eigenvalue weighted by Gasteiger charge is -2.25. The van der Waals surface area contributed by atoms with Crippen LogP contribution >= 0.6 is 0 Å². The van der Waals surface area contributed by atoms with E-state index in [0.29, 0.717) is 49.6 Å². The van der Waals surface area contributed by atoms with Gasteiger partial charge in [0.15, 0.2) is 0 Å². The molecular weight excluding hydrogens is 562 g/mol. The standard InChI is InChI=1S/C33H39N5O6/c1-22(39)19-37(20-23(2)40)21-25-6-4-7-26(16-25)32(42)35-30-14-11-27(38-15-5-8-31(38)41)17-29(30)33(43)36-34-18-24-9-12-28(44-3)13-10-24/h4,6-7,9-14,16-18,22-23,39-40H,5,8,15,19-21H2,1-3H3,(H,35,42)(H,36,43)/b34-18+. The monoisotopic (exact) mass is 601 g/mol. The number of hydrogen-bond donors (Lipinski definition) is 4. The number of methoxy groups -OCH3 is 1. The number of nitrogens with zero attached hydrogens (tertiary/aromatic N) is 3. The maximum atomic E-state index is 13.4. The van der Waals surface area contributed by atoms with Crippen LogP contribution in [0.4, 0.5) is 11.4 Å². The van der Waals surface area contributed by atoms with E-state index in [9.17, 15) is 24.6 Å². The van der Waals surface area contributed by atoms with Crippen molar-refractivity contribution in [2.75, 3.05) is 37.0 Å². The van der Waals surface area contributed by atoms with Gasteiger partial charge in [0.2, 0.25) is 5.91 Å². The third kappa shape index (κ3) is 8.96. The van der Waals surface area contributed by atoms with Gasteiger partial charge in [-0.15, -0.1) is 0 Å². The smallest absolute Gasteiger partial charge is 0.273 e. The predicted molar refractivity (Wildman–Crippen MR) is 169 cm³/mol. The summed E-state index contributed by atoms with van der Waals surface area (Å²) in [7, 11) is 1.58. The van der Waals surface area contributed by atoms with Crippen LogP contribution in [0.1, 0.15) is 58.5 Å². The fraction of sp³-hybridized carbons (Fsp3) is 0.333. The maximum Gasteiger partial charge on any atom is 0.273 e. The molecule has 11 heteroatoms. The van der Waals surface area contributed by atoms with Crippen molar-refractivity contribution in [1.29, 1.82) is 0 Å². The number of nitrogens with one attached hydrogen (secondary N) is 2. The molecule has 1 saturated heterocycles. The van der Waals surface area contributed by atoms with Gasteiger partial charge in [-0.05, 0) is 86.0 Å². The van der Waals surface area contributed by atoms with E-state index in [1.165, 1.54) is 6.21 Å². The zero-order valence-corrected chi connectivity index (χ0v) is 25.2. The molecule has 4 N–H and O–H groups in total. The topological polar surface area (TPSA) is 144 Å². The van der Waals surface area contributed by atoms with E-state index < -0.39 is 24.0 Å². The van der Waals surface area contributed by atoms with Crippen LogP contribution in [0.15, 0.2) is 71.8 Å². The Hall–Kier alpha value is -4.58. The highest BCUT2D eigenvalue weighted by Gasteiger charge is 2.24. The van der Waals surface area contributed by atoms with Crippen LogP contribution in [0.5, 0.6) is 5.75 Å². The molecule has 0 bridgehead atoms. The molecule has 0 aliphatic carbocycles. The number of ether oxygens (including phenoxy) is 1. The predicted octanol–water partition coefficient (Wildman–Crippen LogP) is 3.40. The van der Waals surface area contributed by atoms with Crippen LogP contribution in [0.25, 0.3) is 0 Å². The number of anilines is 2. The van der Waals surface area contributed by atoms with E-state index in [1.54, 1.807) is 86.5 Å². The van der Waals surface area contributed by atoms with Crippen molar-refractivity contribution in [2.45, 2.75) is 45.4 Å². The number of aliphatic hydroxyl groups is 2. The number of hydrogen-bond acceptors (Lipinski definition) is 8. The molecular formula is C33H39N5O6. The first-order valence-corrected chi connectivity index (χ1v) is 14.5. The fourth-order valence-corrected chi connectivity index (χ4v) is 5.05. The van der Waals surface area contributed by atoms with Crippen molar-refractivity contribution in [3.63, 3.8) is 0 Å². The molecule has 1 heterocycles. The second kappa shape index (κ2) is 15.2. The highest BCUT2D eigenvalue weighted by atomic mass is 16.5. The van der Waals surface area contributed by atoms with Gasteiger partial charge in [-0.1, -0.05) is 12.1 Å². The van der Waals surface area contributed by atoms with E-state index in [1.807, 2.05) is 11.0 Å². The number of benzene rings is 3. The van der Waals surface area contributed by atoms with Gasteiger partial charge in [0.1, 0.15) is 5.75 Å². The van der Waals surface area contributed by atoms with Crippen LogP contribution in [-0.4, -0.2) is 78.0 Å². The fourth-order valence-electron chi connectivity index (χ4n) is 5.05. The number of carbonyl (C=O) groups is 3. The van der Waals surface area contributed by atoms with Crippen molar-refractivity contribution < 1.29 is 29.3 Å². The summed E-state index contributed by atoms with van der Waals surface area (Å²) in [6.07, 6.45) is 1.50. The van der Waals surface area contributed by atoms with Crippen LogP contribution in [0, 0.1) is 0 Å². The van der Waals surface area contributed by atoms with Gasteiger partial charge in [-0.3, -0.25) is 19.3 Å². The van der Waals surface area contributed by atoms with Gasteiger partial charge in [-0.25, -0.2) is 5.43 Å². The first-order valence-electron chi connectivity index (χ1n) is 14.5. The Labute approximate surface area is 257 Å². The summed E-state index contributed by atoms with van der Waals surface area (Å²) in [5, 5.41) is 26.7. The lowest BCUT2D eigenvalue weighted by Crippen LogP contribution is -2.35. The molecule has 1 fully saturated rings. The minimum atomic E-state index is -0.579. The third-order valence-electron chi connectivity index (χ3n) is 7.02. The van der Waals surface area contributed by atoms with Gasteiger partial charge >= 0.3 is 0 Å². The van der Waals surface area contributed by atoms with Crippen molar-refractivity contribution in [1.82, 2.24) is 10.3 Å². The molecule has 3 aromatic carbocycles. The molecule has 0 radical (unpaired) electrons. The highest BCUT2D eigenvalue weighted by molar-refractivity contribution is 6.10. The molecule has 0 spiro atoms. The van der Waals surface area contributed by atoms with Gasteiger partial charge in [0, 0.05) is 43.9 Å². The third-order valence-corrected chi connectivity index (χ3v) is 7.02. The first kappa shape index (κ1) is 32.3. The van der Waals surface area contributed by atoms with E-state index in [2.05, 4.69) is 15.8 Å². The van der Waals surface area contributed by atoms with Gasteiger partial charge in [-0.2, -0.15) is 5.10 Å². The lowest BCUT2D eigenvalue weighted by atomic mass is 10.1. The summed E-state index contributed by atoms with van der Waals surface area (Å²) >= 11 is 0. The normalized spacial score (nSPS) is 14.6. The Morgan fingerprint density at radius 1 is 1.02 bits per heavy atom. The Balaban J connectivity index is 1.54. The number of hydrazone groups is 1. The molecule has 4 rings (SSSR count). The van der Waals surface area contributed by atoms with Crippen molar-refractivity contribution in [3.8, 4) is 5.75 Å². The minimum Gasteiger partial charge on any atom is -0.497 e. The molecule has 3 amide bonds. The largest absolute Gasteiger partial charge is 0.497 e. The number of carbonyl (C=O) groups excluding carboxylic acids is 3. The first-order chi connectivity index (χ1) is 21.1. The number of amides is 3. The van der Waals surface area contributed by atoms with E-state index in [4.69, 9.17) is 4.74 Å². The summed E-state index contributed by atoms with van der Waals surface area (Å²) in [5.41, 5.74) is 5.44. The molecule has 1 aliphatic rings. The number of rotatable bonds is 13. The van der Waals surface area contributed by atoms with Crippen LogP contribution in [0.3, 0.4) is 0 Å². The minimum absolute atomic E-state index is 0.0253. The van der Waals surface area contributed by atoms with Gasteiger partial charge in [0.25, 0.3) is 11.8 Å². The van der Waals surface area contributed by atoms with Crippen LogP contribution in [0.2, 0.25) is 0 Å². The van der Waals surface area contributed by atoms with Crippen molar-refractivity contribution in [2.24, 2.45) is 5.10 Å². The summed E-state index contributed by atoms with van der Waals surface area (Å²) in [5.74, 6) is -0.311. The molecule has 0 aromatic heterocycles. The van der Waals surface area contributed by atoms with Crippen molar-refractivity contribution >= 4 is 35.3 Å². The molecule has 11 nitrogen and oxygen atoms in total. The molecule has 0 saturated carbocycles. The second-order valence-electron chi connectivity index (χ2n) is 10.9. The van der Waals surface area contributed by atoms with E-state index >= 15 is 0 Å². The molecule has 44 heavy (non-hydrogen) atoms. The Kier molecular flexibility index (Phi) is 11.2. The summed E-state index contributed by atoms with van der Waals surface area (Å²) in [6, 6.07) is 19.1. The average molecular weight is 602 g/mol. The van der Waals surface area contributed by atoms with Crippen LogP contribution in [-0.2, 0) is 11.3 Å². The van der Waals surface area contributed by atoms with E-state index in [-0.39, 0.29) is 17.2 Å². The zero-order chi connectivity index (χ0) is 31.6. The molecule has 232 valence electrons. The van der Waals surface area contributed by atoms with Crippen molar-refractivity contribution in [3.05, 3.63) is 89.0 Å². The average Bonchev–Trinajstić information content (AvgIpc) is 3.42.